The number of nitrogens with one attached hydrogen (secondary N) is 1. The number of benzene rings is 1. The zero-order chi connectivity index (χ0) is 15.3. The van der Waals surface area contributed by atoms with Crippen molar-refractivity contribution in [2.45, 2.75) is 4.90 Å². The smallest absolute Gasteiger partial charge is 0.263 e. The van der Waals surface area contributed by atoms with E-state index < -0.39 is 10.0 Å². The van der Waals surface area contributed by atoms with Crippen LogP contribution in [0.15, 0.2) is 47.6 Å². The van der Waals surface area contributed by atoms with Crippen LogP contribution in [-0.4, -0.2) is 25.1 Å². The summed E-state index contributed by atoms with van der Waals surface area (Å²) in [7, 11) is -3.81. The Morgan fingerprint density at radius 1 is 1.29 bits per heavy atom. The van der Waals surface area contributed by atoms with E-state index >= 15 is 0 Å². The summed E-state index contributed by atoms with van der Waals surface area (Å²) in [5.74, 6) is 5.03. The number of sulfonamides is 1. The number of pyridine rings is 1. The first kappa shape index (κ1) is 15.3. The number of nitrogens with zero attached hydrogens (tertiary/aromatic N) is 1. The van der Waals surface area contributed by atoms with Gasteiger partial charge in [-0.15, -0.1) is 0 Å². The van der Waals surface area contributed by atoms with Crippen LogP contribution in [0, 0.1) is 11.8 Å². The maximum atomic E-state index is 12.3. The summed E-state index contributed by atoms with van der Waals surface area (Å²) in [4.78, 5) is 3.80. The molecule has 5 nitrogen and oxygen atoms in total. The second-order valence-corrected chi connectivity index (χ2v) is 6.04. The van der Waals surface area contributed by atoms with Crippen LogP contribution in [0.4, 0.5) is 5.69 Å². The van der Waals surface area contributed by atoms with Gasteiger partial charge in [0.1, 0.15) is 11.5 Å². The average molecular weight is 323 g/mol. The van der Waals surface area contributed by atoms with E-state index in [0.29, 0.717) is 10.6 Å². The highest BCUT2D eigenvalue weighted by Gasteiger charge is 2.16. The first-order chi connectivity index (χ1) is 10.0. The predicted octanol–water partition coefficient (Wildman–Crippen LogP) is 1.88. The zero-order valence-corrected chi connectivity index (χ0v) is 12.3. The van der Waals surface area contributed by atoms with E-state index in [1.54, 1.807) is 24.3 Å². The molecule has 7 heteroatoms. The minimum absolute atomic E-state index is 0.0350. The molecule has 0 bridgehead atoms. The molecule has 1 heterocycles. The number of rotatable bonds is 3. The van der Waals surface area contributed by atoms with Crippen molar-refractivity contribution in [2.24, 2.45) is 0 Å². The predicted molar refractivity (Wildman–Crippen MR) is 80.5 cm³/mol. The second kappa shape index (κ2) is 6.59. The minimum Gasteiger partial charge on any atom is -0.384 e. The van der Waals surface area contributed by atoms with Crippen molar-refractivity contribution < 1.29 is 13.5 Å². The molecule has 1 aromatic heterocycles. The van der Waals surface area contributed by atoms with Crippen molar-refractivity contribution in [2.75, 3.05) is 11.3 Å². The highest BCUT2D eigenvalue weighted by Crippen LogP contribution is 2.23. The van der Waals surface area contributed by atoms with Gasteiger partial charge in [-0.2, -0.15) is 0 Å². The third-order valence-electron chi connectivity index (χ3n) is 2.45. The molecule has 2 N–H and O–H groups in total. The van der Waals surface area contributed by atoms with Crippen molar-refractivity contribution in [3.05, 3.63) is 53.3 Å². The molecule has 0 aliphatic carbocycles. The molecule has 0 saturated heterocycles. The zero-order valence-electron chi connectivity index (χ0n) is 10.7. The van der Waals surface area contributed by atoms with Gasteiger partial charge in [-0.05, 0) is 18.2 Å². The summed E-state index contributed by atoms with van der Waals surface area (Å²) in [6, 6.07) is 7.89. The molecule has 1 aromatic carbocycles. The van der Waals surface area contributed by atoms with Crippen molar-refractivity contribution in [3.63, 3.8) is 0 Å². The van der Waals surface area contributed by atoms with E-state index in [4.69, 9.17) is 16.7 Å². The van der Waals surface area contributed by atoms with Gasteiger partial charge in [0, 0.05) is 18.0 Å². The lowest BCUT2D eigenvalue weighted by Crippen LogP contribution is -2.13. The normalized spacial score (nSPS) is 10.6. The molecule has 0 aliphatic heterocycles. The Morgan fingerprint density at radius 3 is 2.76 bits per heavy atom. The van der Waals surface area contributed by atoms with Crippen LogP contribution in [-0.2, 0) is 10.0 Å². The average Bonchev–Trinajstić information content (AvgIpc) is 2.48. The van der Waals surface area contributed by atoms with Crippen molar-refractivity contribution >= 4 is 27.3 Å². The van der Waals surface area contributed by atoms with Crippen LogP contribution in [0.1, 0.15) is 5.56 Å². The number of hydrogen-bond donors (Lipinski definition) is 2. The van der Waals surface area contributed by atoms with E-state index in [1.807, 2.05) is 0 Å². The third-order valence-corrected chi connectivity index (χ3v) is 4.12. The topological polar surface area (TPSA) is 79.3 Å². The van der Waals surface area contributed by atoms with Crippen molar-refractivity contribution in [1.29, 1.82) is 0 Å². The van der Waals surface area contributed by atoms with E-state index in [2.05, 4.69) is 21.5 Å². The van der Waals surface area contributed by atoms with Gasteiger partial charge in [0.2, 0.25) is 0 Å². The van der Waals surface area contributed by atoms with E-state index in [-0.39, 0.29) is 17.2 Å². The minimum atomic E-state index is -3.81. The Morgan fingerprint density at radius 2 is 2.05 bits per heavy atom. The molecule has 0 saturated carbocycles. The van der Waals surface area contributed by atoms with E-state index in [9.17, 15) is 8.42 Å². The fourth-order valence-corrected chi connectivity index (χ4v) is 2.83. The largest absolute Gasteiger partial charge is 0.384 e. The first-order valence-corrected chi connectivity index (χ1v) is 7.71. The molecule has 21 heavy (non-hydrogen) atoms. The third kappa shape index (κ3) is 3.95. The van der Waals surface area contributed by atoms with Gasteiger partial charge in [0.15, 0.2) is 0 Å². The molecule has 0 aliphatic rings. The SMILES string of the molecule is O=S(=O)(Nc1ccccc1Cl)c1cncc(C#CCO)c1. The van der Waals surface area contributed by atoms with Crippen molar-refractivity contribution in [3.8, 4) is 11.8 Å². The Labute approximate surface area is 127 Å². The van der Waals surface area contributed by atoms with Crippen LogP contribution in [0.2, 0.25) is 5.02 Å². The Bertz CT molecular complexity index is 810. The molecule has 2 aromatic rings. The standard InChI is InChI=1S/C14H11ClN2O3S/c15-13-5-1-2-6-14(13)17-21(19,20)12-8-11(4-3-7-18)9-16-10-12/h1-2,5-6,8-10,17-18H,7H2. The summed E-state index contributed by atoms with van der Waals surface area (Å²) in [5.41, 5.74) is 0.678. The number of anilines is 1. The van der Waals surface area contributed by atoms with Crippen LogP contribution >= 0.6 is 11.6 Å². The fraction of sp³-hybridized carbons (Fsp3) is 0.0714. The summed E-state index contributed by atoms with van der Waals surface area (Å²) in [6.45, 7) is -0.311. The molecular formula is C14H11ClN2O3S. The molecule has 0 unspecified atom stereocenters. The van der Waals surface area contributed by atoms with Crippen molar-refractivity contribution in [1.82, 2.24) is 4.98 Å². The maximum absolute atomic E-state index is 12.3. The Kier molecular flexibility index (Phi) is 4.81. The molecule has 0 atom stereocenters. The monoisotopic (exact) mass is 322 g/mol. The van der Waals surface area contributed by atoms with Crippen LogP contribution < -0.4 is 4.72 Å². The first-order valence-electron chi connectivity index (χ1n) is 5.85. The number of aromatic nitrogens is 1. The van der Waals surface area contributed by atoms with E-state index in [1.165, 1.54) is 18.5 Å². The number of aliphatic hydroxyl groups is 1. The molecular weight excluding hydrogens is 312 g/mol. The number of para-hydroxylation sites is 1. The quantitative estimate of drug-likeness (QED) is 0.846. The highest BCUT2D eigenvalue weighted by atomic mass is 35.5. The summed E-state index contributed by atoms with van der Waals surface area (Å²) in [6.07, 6.45) is 2.63. The molecule has 0 spiro atoms. The van der Waals surface area contributed by atoms with Gasteiger partial charge in [-0.25, -0.2) is 8.42 Å². The molecule has 0 radical (unpaired) electrons. The van der Waals surface area contributed by atoms with Gasteiger partial charge in [0.25, 0.3) is 10.0 Å². The highest BCUT2D eigenvalue weighted by molar-refractivity contribution is 7.92. The van der Waals surface area contributed by atoms with Gasteiger partial charge in [0.05, 0.1) is 10.7 Å². The van der Waals surface area contributed by atoms with Gasteiger partial charge in [-0.1, -0.05) is 35.6 Å². The summed E-state index contributed by atoms with van der Waals surface area (Å²) >= 11 is 5.92. The summed E-state index contributed by atoms with van der Waals surface area (Å²) in [5, 5.41) is 8.94. The van der Waals surface area contributed by atoms with Gasteiger partial charge >= 0.3 is 0 Å². The van der Waals surface area contributed by atoms with Crippen LogP contribution in [0.5, 0.6) is 0 Å². The maximum Gasteiger partial charge on any atom is 0.263 e. The number of aliphatic hydroxyl groups excluding tert-OH is 1. The molecule has 0 fully saturated rings. The lowest BCUT2D eigenvalue weighted by atomic mass is 10.3. The number of halogens is 1. The molecule has 108 valence electrons. The van der Waals surface area contributed by atoms with Gasteiger partial charge in [-0.3, -0.25) is 9.71 Å². The van der Waals surface area contributed by atoms with Crippen LogP contribution in [0.25, 0.3) is 0 Å². The Hall–Kier alpha value is -2.07. The molecule has 0 amide bonds. The molecule has 2 rings (SSSR count). The second-order valence-electron chi connectivity index (χ2n) is 3.95. The summed E-state index contributed by atoms with van der Waals surface area (Å²) < 4.78 is 26.9. The van der Waals surface area contributed by atoms with Crippen LogP contribution in [0.3, 0.4) is 0 Å². The Balaban J connectivity index is 2.34. The number of hydrogen-bond acceptors (Lipinski definition) is 4. The lowest BCUT2D eigenvalue weighted by molar-refractivity contribution is 0.350. The van der Waals surface area contributed by atoms with E-state index in [0.717, 1.165) is 0 Å². The fourth-order valence-electron chi connectivity index (χ4n) is 1.52. The van der Waals surface area contributed by atoms with Gasteiger partial charge < -0.3 is 5.11 Å². The lowest BCUT2D eigenvalue weighted by Gasteiger charge is -2.09.